The summed E-state index contributed by atoms with van der Waals surface area (Å²) in [6, 6.07) is 0.491. The second-order valence-electron chi connectivity index (χ2n) is 6.26. The van der Waals surface area contributed by atoms with Gasteiger partial charge in [-0.05, 0) is 38.3 Å². The van der Waals surface area contributed by atoms with E-state index in [0.29, 0.717) is 24.2 Å². The fourth-order valence-corrected chi connectivity index (χ4v) is 2.26. The molecular weight excluding hydrogens is 228 g/mol. The Hall–Kier alpha value is -0.810. The summed E-state index contributed by atoms with van der Waals surface area (Å²) in [5.41, 5.74) is 5.84. The molecule has 0 radical (unpaired) electrons. The number of rotatable bonds is 8. The molecule has 0 aromatic heterocycles. The largest absolute Gasteiger partial charge is 0.409 e. The van der Waals surface area contributed by atoms with Gasteiger partial charge in [-0.2, -0.15) is 0 Å². The lowest BCUT2D eigenvalue weighted by Crippen LogP contribution is -2.44. The van der Waals surface area contributed by atoms with Gasteiger partial charge >= 0.3 is 0 Å². The molecule has 5 nitrogen and oxygen atoms in total. The quantitative estimate of drug-likeness (QED) is 0.263. The van der Waals surface area contributed by atoms with Crippen LogP contribution < -0.4 is 11.1 Å². The zero-order chi connectivity index (χ0) is 13.8. The van der Waals surface area contributed by atoms with Crippen molar-refractivity contribution in [3.8, 4) is 0 Å². The zero-order valence-electron chi connectivity index (χ0n) is 12.1. The van der Waals surface area contributed by atoms with Crippen molar-refractivity contribution in [2.24, 2.45) is 22.2 Å². The van der Waals surface area contributed by atoms with Crippen LogP contribution in [0.15, 0.2) is 5.16 Å². The van der Waals surface area contributed by atoms with Crippen molar-refractivity contribution in [2.75, 3.05) is 27.2 Å². The predicted octanol–water partition coefficient (Wildman–Crippen LogP) is 1.08. The van der Waals surface area contributed by atoms with Crippen molar-refractivity contribution >= 4 is 5.84 Å². The van der Waals surface area contributed by atoms with E-state index in [0.717, 1.165) is 13.1 Å². The van der Waals surface area contributed by atoms with Crippen LogP contribution in [0.5, 0.6) is 0 Å². The third-order valence-electron chi connectivity index (χ3n) is 3.75. The summed E-state index contributed by atoms with van der Waals surface area (Å²) >= 11 is 0. The van der Waals surface area contributed by atoms with E-state index in [4.69, 9.17) is 10.9 Å². The van der Waals surface area contributed by atoms with Crippen molar-refractivity contribution in [3.63, 3.8) is 0 Å². The normalized spacial score (nSPS) is 20.4. The van der Waals surface area contributed by atoms with E-state index in [1.54, 1.807) is 0 Å². The molecule has 1 aliphatic carbocycles. The Morgan fingerprint density at radius 3 is 2.44 bits per heavy atom. The predicted molar refractivity (Wildman–Crippen MR) is 74.9 cm³/mol. The van der Waals surface area contributed by atoms with E-state index < -0.39 is 0 Å². The lowest BCUT2D eigenvalue weighted by Gasteiger charge is -2.28. The maximum atomic E-state index is 8.65. The summed E-state index contributed by atoms with van der Waals surface area (Å²) in [6.07, 6.45) is 3.04. The standard InChI is InChI=1S/C13H28N4O/c1-10(2)11(8-17(3)4)15-9-13(5-6-13)7-12(14)16-18/h10-11,15,18H,5-9H2,1-4H3,(H2,14,16). The summed E-state index contributed by atoms with van der Waals surface area (Å²) in [5, 5.41) is 15.4. The summed E-state index contributed by atoms with van der Waals surface area (Å²) in [6.45, 7) is 6.48. The lowest BCUT2D eigenvalue weighted by molar-refractivity contribution is 0.273. The minimum absolute atomic E-state index is 0.232. The molecule has 0 saturated heterocycles. The van der Waals surface area contributed by atoms with E-state index in [2.05, 4.69) is 43.3 Å². The van der Waals surface area contributed by atoms with Gasteiger partial charge in [0.05, 0.1) is 0 Å². The first-order valence-corrected chi connectivity index (χ1v) is 6.73. The van der Waals surface area contributed by atoms with Crippen molar-refractivity contribution in [1.82, 2.24) is 10.2 Å². The number of amidine groups is 1. The summed E-state index contributed by atoms with van der Waals surface area (Å²) < 4.78 is 0. The van der Waals surface area contributed by atoms with Gasteiger partial charge < -0.3 is 21.2 Å². The van der Waals surface area contributed by atoms with Gasteiger partial charge in [0.1, 0.15) is 5.84 Å². The van der Waals surface area contributed by atoms with Crippen molar-refractivity contribution in [1.29, 1.82) is 0 Å². The molecule has 106 valence electrons. The fourth-order valence-electron chi connectivity index (χ4n) is 2.26. The minimum Gasteiger partial charge on any atom is -0.409 e. The van der Waals surface area contributed by atoms with Crippen LogP contribution in [0.2, 0.25) is 0 Å². The van der Waals surface area contributed by atoms with Crippen LogP contribution in [-0.4, -0.2) is 49.2 Å². The average molecular weight is 256 g/mol. The number of hydrogen-bond acceptors (Lipinski definition) is 4. The number of hydrogen-bond donors (Lipinski definition) is 3. The summed E-state index contributed by atoms with van der Waals surface area (Å²) in [4.78, 5) is 2.21. The first-order chi connectivity index (χ1) is 8.38. The molecule has 1 rings (SSSR count). The Kier molecular flexibility index (Phi) is 5.41. The SMILES string of the molecule is CC(C)C(CN(C)C)NCC1(CC(N)=NO)CC1. The molecule has 1 aliphatic rings. The molecule has 4 N–H and O–H groups in total. The zero-order valence-corrected chi connectivity index (χ0v) is 12.1. The Morgan fingerprint density at radius 1 is 1.44 bits per heavy atom. The molecule has 5 heteroatoms. The molecule has 1 saturated carbocycles. The number of oxime groups is 1. The van der Waals surface area contributed by atoms with Crippen LogP contribution in [0.25, 0.3) is 0 Å². The number of nitrogens with zero attached hydrogens (tertiary/aromatic N) is 2. The molecule has 0 spiro atoms. The van der Waals surface area contributed by atoms with Gasteiger partial charge in [0, 0.05) is 25.6 Å². The van der Waals surface area contributed by atoms with E-state index in [1.165, 1.54) is 12.8 Å². The second kappa shape index (κ2) is 6.38. The third-order valence-corrected chi connectivity index (χ3v) is 3.75. The molecule has 0 bridgehead atoms. The highest BCUT2D eigenvalue weighted by molar-refractivity contribution is 5.80. The van der Waals surface area contributed by atoms with Crippen LogP contribution in [0.3, 0.4) is 0 Å². The Labute approximate surface area is 110 Å². The molecule has 0 heterocycles. The maximum absolute atomic E-state index is 8.65. The molecule has 18 heavy (non-hydrogen) atoms. The van der Waals surface area contributed by atoms with Gasteiger partial charge in [-0.1, -0.05) is 19.0 Å². The van der Waals surface area contributed by atoms with Gasteiger partial charge in [-0.25, -0.2) is 0 Å². The van der Waals surface area contributed by atoms with Gasteiger partial charge in [0.25, 0.3) is 0 Å². The van der Waals surface area contributed by atoms with Crippen LogP contribution in [0.1, 0.15) is 33.1 Å². The highest BCUT2D eigenvalue weighted by Crippen LogP contribution is 2.48. The molecule has 1 atom stereocenters. The van der Waals surface area contributed by atoms with E-state index in [9.17, 15) is 0 Å². The van der Waals surface area contributed by atoms with Crippen molar-refractivity contribution in [2.45, 2.75) is 39.2 Å². The fraction of sp³-hybridized carbons (Fsp3) is 0.923. The van der Waals surface area contributed by atoms with E-state index in [1.807, 2.05) is 0 Å². The Morgan fingerprint density at radius 2 is 2.06 bits per heavy atom. The van der Waals surface area contributed by atoms with Crippen LogP contribution in [0.4, 0.5) is 0 Å². The van der Waals surface area contributed by atoms with Crippen molar-refractivity contribution in [3.05, 3.63) is 0 Å². The van der Waals surface area contributed by atoms with Crippen LogP contribution in [0, 0.1) is 11.3 Å². The Balaban J connectivity index is 2.42. The first-order valence-electron chi connectivity index (χ1n) is 6.73. The van der Waals surface area contributed by atoms with Gasteiger partial charge in [0.2, 0.25) is 0 Å². The molecule has 0 amide bonds. The molecule has 0 aliphatic heterocycles. The monoisotopic (exact) mass is 256 g/mol. The van der Waals surface area contributed by atoms with E-state index in [-0.39, 0.29) is 5.41 Å². The molecule has 0 aromatic carbocycles. The highest BCUT2D eigenvalue weighted by Gasteiger charge is 2.43. The minimum atomic E-state index is 0.232. The molecule has 1 fully saturated rings. The molecule has 0 aromatic rings. The van der Waals surface area contributed by atoms with Gasteiger partial charge in [-0.3, -0.25) is 0 Å². The highest BCUT2D eigenvalue weighted by atomic mass is 16.4. The number of likely N-dealkylation sites (N-methyl/N-ethyl adjacent to an activating group) is 1. The first kappa shape index (κ1) is 15.2. The van der Waals surface area contributed by atoms with Gasteiger partial charge in [0.15, 0.2) is 0 Å². The maximum Gasteiger partial charge on any atom is 0.139 e. The van der Waals surface area contributed by atoms with Gasteiger partial charge in [-0.15, -0.1) is 0 Å². The third kappa shape index (κ3) is 4.82. The lowest BCUT2D eigenvalue weighted by atomic mass is 9.98. The number of nitrogens with two attached hydrogens (primary N) is 1. The summed E-state index contributed by atoms with van der Waals surface area (Å²) in [5.74, 6) is 0.954. The molecule has 1 unspecified atom stereocenters. The second-order valence-corrected chi connectivity index (χ2v) is 6.26. The van der Waals surface area contributed by atoms with Crippen LogP contribution in [-0.2, 0) is 0 Å². The average Bonchev–Trinajstić information content (AvgIpc) is 3.03. The van der Waals surface area contributed by atoms with Crippen molar-refractivity contribution < 1.29 is 5.21 Å². The number of nitrogens with one attached hydrogen (secondary N) is 1. The van der Waals surface area contributed by atoms with Crippen LogP contribution >= 0.6 is 0 Å². The molecular formula is C13H28N4O. The smallest absolute Gasteiger partial charge is 0.139 e. The van der Waals surface area contributed by atoms with E-state index >= 15 is 0 Å². The topological polar surface area (TPSA) is 73.9 Å². The Bertz CT molecular complexity index is 285. The summed E-state index contributed by atoms with van der Waals surface area (Å²) in [7, 11) is 4.20.